The second-order valence-electron chi connectivity index (χ2n) is 0.579. The van der Waals surface area contributed by atoms with Crippen molar-refractivity contribution in [2.75, 3.05) is 0 Å². The Morgan fingerprint density at radius 2 is 1.57 bits per heavy atom. The van der Waals surface area contributed by atoms with Crippen LogP contribution in [0.3, 0.4) is 0 Å². The molecule has 0 aliphatic carbocycles. The van der Waals surface area contributed by atoms with Gasteiger partial charge in [-0.1, -0.05) is 0 Å². The second kappa shape index (κ2) is 4.10. The minimum atomic E-state index is -1.39. The van der Waals surface area contributed by atoms with Crippen molar-refractivity contribution in [2.24, 2.45) is 0 Å². The fourth-order valence-electron chi connectivity index (χ4n) is 0. The van der Waals surface area contributed by atoms with E-state index in [2.05, 4.69) is 0 Å². The monoisotopic (exact) mass is 211 g/mol. The zero-order valence-electron chi connectivity index (χ0n) is 3.22. The number of carboxylic acid groups (broad SMARTS) is 1. The molecule has 0 aromatic heterocycles. The standard InChI is InChI=1S/C2HIO3.B/c3-1(4)2(5)6;/h(H,5,6);. The summed E-state index contributed by atoms with van der Waals surface area (Å²) in [5, 5.41) is 7.63. The van der Waals surface area contributed by atoms with Gasteiger partial charge in [0.15, 0.2) is 0 Å². The third kappa shape index (κ3) is 5.93. The fraction of sp³-hybridized carbons (Fsp3) is 0. The molecule has 0 saturated carbocycles. The summed E-state index contributed by atoms with van der Waals surface area (Å²) in [4.78, 5) is 18.9. The van der Waals surface area contributed by atoms with Crippen molar-refractivity contribution in [2.45, 2.75) is 0 Å². The van der Waals surface area contributed by atoms with Crippen LogP contribution in [0.2, 0.25) is 0 Å². The van der Waals surface area contributed by atoms with E-state index in [9.17, 15) is 9.59 Å². The first kappa shape index (κ1) is 10.0. The van der Waals surface area contributed by atoms with Gasteiger partial charge >= 0.3 is 5.97 Å². The van der Waals surface area contributed by atoms with Crippen molar-refractivity contribution in [1.29, 1.82) is 0 Å². The van der Waals surface area contributed by atoms with E-state index in [0.717, 1.165) is 0 Å². The summed E-state index contributed by atoms with van der Waals surface area (Å²) < 4.78 is -0.854. The van der Waals surface area contributed by atoms with Crippen LogP contribution >= 0.6 is 22.6 Å². The van der Waals surface area contributed by atoms with Crippen molar-refractivity contribution in [1.82, 2.24) is 0 Å². The molecule has 0 fully saturated rings. The Bertz CT molecular complexity index is 78.9. The van der Waals surface area contributed by atoms with Gasteiger partial charge in [0, 0.05) is 31.0 Å². The van der Waals surface area contributed by atoms with Crippen molar-refractivity contribution in [3.8, 4) is 0 Å². The van der Waals surface area contributed by atoms with Gasteiger partial charge in [0.05, 0.1) is 0 Å². The zero-order chi connectivity index (χ0) is 5.15. The predicted octanol–water partition coefficient (Wildman–Crippen LogP) is -0.348. The minimum absolute atomic E-state index is 0. The van der Waals surface area contributed by atoms with Gasteiger partial charge in [0.25, 0.3) is 3.79 Å². The average molecular weight is 211 g/mol. The maximum Gasteiger partial charge on any atom is 0.382 e. The molecule has 3 radical (unpaired) electrons. The summed E-state index contributed by atoms with van der Waals surface area (Å²) in [7, 11) is 0. The van der Waals surface area contributed by atoms with Crippen LogP contribution in [0.15, 0.2) is 0 Å². The van der Waals surface area contributed by atoms with E-state index in [1.807, 2.05) is 0 Å². The number of rotatable bonds is 1. The molecule has 3 nitrogen and oxygen atoms in total. The molecule has 0 aromatic rings. The first-order chi connectivity index (χ1) is 2.64. The van der Waals surface area contributed by atoms with E-state index in [0.29, 0.717) is 0 Å². The van der Waals surface area contributed by atoms with Crippen LogP contribution in [0, 0.1) is 0 Å². The Labute approximate surface area is 55.8 Å². The molecule has 0 aromatic carbocycles. The largest absolute Gasteiger partial charge is 0.475 e. The predicted molar refractivity (Wildman–Crippen MR) is 32.4 cm³/mol. The Kier molecular flexibility index (Phi) is 5.88. The number of carboxylic acids is 1. The first-order valence-electron chi connectivity index (χ1n) is 1.07. The van der Waals surface area contributed by atoms with Crippen LogP contribution in [0.4, 0.5) is 0 Å². The number of aliphatic carboxylic acids is 1. The summed E-state index contributed by atoms with van der Waals surface area (Å²) in [6.45, 7) is 0. The third-order valence-electron chi connectivity index (χ3n) is 0.168. The number of hydrogen-bond donors (Lipinski definition) is 1. The molecule has 0 unspecified atom stereocenters. The normalized spacial score (nSPS) is 6.43. The highest BCUT2D eigenvalue weighted by Gasteiger charge is 2.01. The minimum Gasteiger partial charge on any atom is -0.475 e. The van der Waals surface area contributed by atoms with E-state index in [1.165, 1.54) is 22.6 Å². The summed E-state index contributed by atoms with van der Waals surface area (Å²) >= 11 is 1.19. The Morgan fingerprint density at radius 3 is 1.57 bits per heavy atom. The van der Waals surface area contributed by atoms with Gasteiger partial charge in [-0.25, -0.2) is 4.79 Å². The van der Waals surface area contributed by atoms with Crippen molar-refractivity contribution in [3.63, 3.8) is 0 Å². The van der Waals surface area contributed by atoms with Crippen LogP contribution in [0.5, 0.6) is 0 Å². The quantitative estimate of drug-likeness (QED) is 0.279. The Balaban J connectivity index is 0. The van der Waals surface area contributed by atoms with E-state index in [1.54, 1.807) is 0 Å². The van der Waals surface area contributed by atoms with Crippen LogP contribution in [0.25, 0.3) is 0 Å². The maximum atomic E-state index is 9.53. The van der Waals surface area contributed by atoms with Crippen LogP contribution in [-0.2, 0) is 9.59 Å². The molecule has 0 heterocycles. The van der Waals surface area contributed by atoms with Gasteiger partial charge in [-0.05, 0) is 0 Å². The van der Waals surface area contributed by atoms with Gasteiger partial charge < -0.3 is 5.11 Å². The van der Waals surface area contributed by atoms with E-state index in [-0.39, 0.29) is 8.41 Å². The van der Waals surface area contributed by atoms with Crippen LogP contribution in [0.1, 0.15) is 0 Å². The molecule has 5 heteroatoms. The molecule has 0 spiro atoms. The molecule has 0 bridgehead atoms. The lowest BCUT2D eigenvalue weighted by Gasteiger charge is -1.70. The van der Waals surface area contributed by atoms with Crippen molar-refractivity contribution in [3.05, 3.63) is 0 Å². The SMILES string of the molecule is O=C(O)C(=O)I.[B]. The van der Waals surface area contributed by atoms with Gasteiger partial charge in [0.2, 0.25) is 0 Å². The molecular formula is C2HBIO3. The summed E-state index contributed by atoms with van der Waals surface area (Å²) in [6.07, 6.45) is 0. The third-order valence-corrected chi connectivity index (χ3v) is 0.630. The lowest BCUT2D eigenvalue weighted by Crippen LogP contribution is -2.01. The van der Waals surface area contributed by atoms with Crippen LogP contribution < -0.4 is 0 Å². The summed E-state index contributed by atoms with van der Waals surface area (Å²) in [5.41, 5.74) is 0. The van der Waals surface area contributed by atoms with Gasteiger partial charge in [-0.2, -0.15) is 0 Å². The molecule has 37 valence electrons. The zero-order valence-corrected chi connectivity index (χ0v) is 5.38. The number of carbonyl (C=O) groups is 2. The van der Waals surface area contributed by atoms with Gasteiger partial charge in [0.1, 0.15) is 0 Å². The van der Waals surface area contributed by atoms with Crippen LogP contribution in [-0.4, -0.2) is 23.3 Å². The summed E-state index contributed by atoms with van der Waals surface area (Å²) in [5.74, 6) is -1.39. The number of hydrogen-bond acceptors (Lipinski definition) is 2. The van der Waals surface area contributed by atoms with Gasteiger partial charge in [-0.15, -0.1) is 0 Å². The van der Waals surface area contributed by atoms with E-state index < -0.39 is 9.76 Å². The molecule has 1 N–H and O–H groups in total. The fourth-order valence-corrected chi connectivity index (χ4v) is 0. The first-order valence-corrected chi connectivity index (χ1v) is 2.15. The maximum absolute atomic E-state index is 9.53. The highest BCUT2D eigenvalue weighted by Crippen LogP contribution is 1.81. The molecule has 0 aliphatic rings. The molecule has 7 heavy (non-hydrogen) atoms. The van der Waals surface area contributed by atoms with E-state index >= 15 is 0 Å². The number of carbonyl (C=O) groups excluding carboxylic acids is 1. The Morgan fingerprint density at radius 1 is 1.43 bits per heavy atom. The smallest absolute Gasteiger partial charge is 0.382 e. The summed E-state index contributed by atoms with van der Waals surface area (Å²) in [6, 6.07) is 0. The lowest BCUT2D eigenvalue weighted by atomic mass is 10.8. The highest BCUT2D eigenvalue weighted by atomic mass is 127. The second-order valence-corrected chi connectivity index (χ2v) is 1.56. The lowest BCUT2D eigenvalue weighted by molar-refractivity contribution is -0.144. The number of halogens is 1. The molecule has 0 amide bonds. The average Bonchev–Trinajstić information content (AvgIpc) is 1.36. The van der Waals surface area contributed by atoms with Crippen molar-refractivity contribution >= 4 is 40.8 Å². The molecule has 0 atom stereocenters. The molecule has 0 saturated heterocycles. The molecule has 0 aliphatic heterocycles. The topological polar surface area (TPSA) is 54.4 Å². The van der Waals surface area contributed by atoms with E-state index in [4.69, 9.17) is 5.11 Å². The van der Waals surface area contributed by atoms with Gasteiger partial charge in [-0.3, -0.25) is 4.79 Å². The molecule has 0 rings (SSSR count). The van der Waals surface area contributed by atoms with Crippen molar-refractivity contribution < 1.29 is 14.7 Å². The molecular weight excluding hydrogens is 210 g/mol. The highest BCUT2D eigenvalue weighted by molar-refractivity contribution is 14.1. The Hall–Kier alpha value is -0.0651.